The number of likely N-dealkylation sites (N-methyl/N-ethyl adjacent to an activating group) is 1. The minimum atomic E-state index is -4.42. The zero-order valence-corrected chi connectivity index (χ0v) is 41.5. The van der Waals surface area contributed by atoms with Gasteiger partial charge in [0.15, 0.2) is 6.10 Å². The molecule has 0 aliphatic heterocycles. The molecule has 0 bridgehead atoms. The summed E-state index contributed by atoms with van der Waals surface area (Å²) in [4.78, 5) is 35.5. The number of quaternary nitrogens is 1. The number of hydrogen-bond acceptors (Lipinski definition) is 8. The van der Waals surface area contributed by atoms with Crippen LogP contribution < -0.4 is 0 Å². The van der Waals surface area contributed by atoms with Gasteiger partial charge in [0.2, 0.25) is 0 Å². The van der Waals surface area contributed by atoms with Crippen LogP contribution in [0.2, 0.25) is 0 Å². The van der Waals surface area contributed by atoms with Gasteiger partial charge in [0.05, 0.1) is 33.9 Å². The van der Waals surface area contributed by atoms with Gasteiger partial charge in [-0.05, 0) is 83.5 Å². The van der Waals surface area contributed by atoms with Crippen LogP contribution in [0.5, 0.6) is 0 Å². The van der Waals surface area contributed by atoms with E-state index in [2.05, 4.69) is 80.7 Å². The van der Waals surface area contributed by atoms with Gasteiger partial charge in [-0.25, -0.2) is 4.57 Å². The van der Waals surface area contributed by atoms with Crippen LogP contribution in [0.3, 0.4) is 0 Å². The Bertz CT molecular complexity index is 1470. The lowest BCUT2D eigenvalue weighted by Crippen LogP contribution is -2.37. The summed E-state index contributed by atoms with van der Waals surface area (Å²) in [5.41, 5.74) is 0. The van der Waals surface area contributed by atoms with Gasteiger partial charge in [-0.1, -0.05) is 168 Å². The molecule has 0 spiro atoms. The van der Waals surface area contributed by atoms with Crippen LogP contribution in [-0.2, 0) is 32.7 Å². The molecule has 0 aliphatic carbocycles. The van der Waals surface area contributed by atoms with Crippen LogP contribution in [0.15, 0.2) is 109 Å². The van der Waals surface area contributed by atoms with E-state index in [1.54, 1.807) is 6.08 Å². The predicted molar refractivity (Wildman–Crippen MR) is 267 cm³/mol. The number of nitrogens with zero attached hydrogens (tertiary/aromatic N) is 1. The fourth-order valence-corrected chi connectivity index (χ4v) is 6.58. The van der Waals surface area contributed by atoms with Crippen molar-refractivity contribution >= 4 is 19.8 Å². The van der Waals surface area contributed by atoms with Gasteiger partial charge in [-0.15, -0.1) is 0 Å². The van der Waals surface area contributed by atoms with Crippen molar-refractivity contribution in [1.29, 1.82) is 0 Å². The maximum absolute atomic E-state index is 12.7. The standard InChI is InChI=1S/C53H88NO9P/c1-6-8-10-11-12-13-14-15-16-17-18-19-20-21-24-28-31-34-37-41-45-53(57)63-51(49-62-64(58,59)61-47-46-54(3,4)5)48-60-52(56)44-40-36-33-30-27-25-22-23-26-29-32-35-39-43-50(55)42-38-9-7-2/h9,13-14,16-17,19-20,23,25-27,32-33,35-36,38-39,43,50-51,55H,6-8,10-12,15,18,21-22,24,28-31,34,37,40-42,44-49H2,1-5H3/p+1/b14-13-,17-16-,20-19-,26-23-,27-25-,35-32+,36-33-,38-9-,43-39+/t50?,51-/m1/s1. The van der Waals surface area contributed by atoms with Crippen molar-refractivity contribution in [2.45, 2.75) is 167 Å². The van der Waals surface area contributed by atoms with E-state index in [4.69, 9.17) is 18.5 Å². The van der Waals surface area contributed by atoms with Gasteiger partial charge in [-0.2, -0.15) is 0 Å². The number of rotatable bonds is 42. The minimum absolute atomic E-state index is 0.00460. The first-order valence-corrected chi connectivity index (χ1v) is 25.7. The lowest BCUT2D eigenvalue weighted by molar-refractivity contribution is -0.870. The van der Waals surface area contributed by atoms with Gasteiger partial charge in [0, 0.05) is 12.8 Å². The van der Waals surface area contributed by atoms with Gasteiger partial charge in [-0.3, -0.25) is 18.6 Å². The Morgan fingerprint density at radius 3 is 1.69 bits per heavy atom. The molecule has 0 aliphatic rings. The van der Waals surface area contributed by atoms with Crippen molar-refractivity contribution in [2.24, 2.45) is 0 Å². The molecule has 0 fully saturated rings. The molecule has 0 aromatic rings. The highest BCUT2D eigenvalue weighted by Crippen LogP contribution is 2.43. The molecule has 10 nitrogen and oxygen atoms in total. The zero-order chi connectivity index (χ0) is 47.3. The van der Waals surface area contributed by atoms with Crippen LogP contribution in [0.4, 0.5) is 0 Å². The summed E-state index contributed by atoms with van der Waals surface area (Å²) in [6.07, 6.45) is 56.2. The van der Waals surface area contributed by atoms with Gasteiger partial charge >= 0.3 is 19.8 Å². The number of carbonyl (C=O) groups is 2. The number of esters is 2. The average Bonchev–Trinajstić information content (AvgIpc) is 3.24. The van der Waals surface area contributed by atoms with Gasteiger partial charge in [0.25, 0.3) is 0 Å². The Morgan fingerprint density at radius 1 is 0.578 bits per heavy atom. The number of hydrogen-bond donors (Lipinski definition) is 2. The summed E-state index contributed by atoms with van der Waals surface area (Å²) in [5.74, 6) is -0.943. The molecule has 0 saturated heterocycles. The van der Waals surface area contributed by atoms with Gasteiger partial charge < -0.3 is 24.0 Å². The molecule has 2 unspecified atom stereocenters. The van der Waals surface area contributed by atoms with E-state index in [1.807, 2.05) is 57.6 Å². The van der Waals surface area contributed by atoms with Crippen molar-refractivity contribution < 1.29 is 47.2 Å². The second kappa shape index (κ2) is 43.5. The number of phosphoric ester groups is 1. The lowest BCUT2D eigenvalue weighted by atomic mass is 10.1. The molecule has 3 atom stereocenters. The topological polar surface area (TPSA) is 129 Å². The Hall–Kier alpha value is -3.37. The number of phosphoric acid groups is 1. The molecular formula is C53H89NO9P+. The van der Waals surface area contributed by atoms with Crippen LogP contribution in [0.1, 0.15) is 155 Å². The highest BCUT2D eigenvalue weighted by Gasteiger charge is 2.27. The number of allylic oxidation sites excluding steroid dienone is 16. The highest BCUT2D eigenvalue weighted by molar-refractivity contribution is 7.47. The predicted octanol–water partition coefficient (Wildman–Crippen LogP) is 13.3. The molecule has 64 heavy (non-hydrogen) atoms. The van der Waals surface area contributed by atoms with Gasteiger partial charge in [0.1, 0.15) is 19.8 Å². The smallest absolute Gasteiger partial charge is 0.462 e. The van der Waals surface area contributed by atoms with Crippen molar-refractivity contribution in [3.8, 4) is 0 Å². The number of ether oxygens (including phenoxy) is 2. The Morgan fingerprint density at radius 2 is 1.11 bits per heavy atom. The van der Waals surface area contributed by atoms with E-state index in [0.29, 0.717) is 30.3 Å². The largest absolute Gasteiger partial charge is 0.472 e. The third kappa shape index (κ3) is 46.6. The monoisotopic (exact) mass is 915 g/mol. The number of aliphatic hydroxyl groups excluding tert-OH is 1. The number of aliphatic hydroxyl groups is 1. The first-order valence-electron chi connectivity index (χ1n) is 24.2. The second-order valence-electron chi connectivity index (χ2n) is 17.0. The van der Waals surface area contributed by atoms with Crippen molar-refractivity contribution in [3.05, 3.63) is 109 Å². The van der Waals surface area contributed by atoms with Crippen molar-refractivity contribution in [1.82, 2.24) is 0 Å². The highest BCUT2D eigenvalue weighted by atomic mass is 31.2. The summed E-state index contributed by atoms with van der Waals surface area (Å²) < 4.78 is 34.3. The summed E-state index contributed by atoms with van der Waals surface area (Å²) >= 11 is 0. The van der Waals surface area contributed by atoms with E-state index >= 15 is 0 Å². The van der Waals surface area contributed by atoms with E-state index in [9.17, 15) is 24.2 Å². The molecule has 0 saturated carbocycles. The first kappa shape index (κ1) is 60.6. The maximum atomic E-state index is 12.7. The molecule has 0 aromatic carbocycles. The average molecular weight is 915 g/mol. The summed E-state index contributed by atoms with van der Waals surface area (Å²) in [7, 11) is 1.39. The zero-order valence-electron chi connectivity index (χ0n) is 40.6. The summed E-state index contributed by atoms with van der Waals surface area (Å²) in [6, 6.07) is 0. The SMILES string of the molecule is CC/C=C\CC(O)/C=C/C=C/C/C=C\C/C=C\C/C=C\CCC(=O)OC[C@H](COP(=O)(O)OCC[N+](C)(C)C)OC(=O)CCCCCCCC/C=C\C/C=C\C/C=C\CCCCCC. The Labute approximate surface area is 389 Å². The van der Waals surface area contributed by atoms with E-state index in [-0.39, 0.29) is 26.1 Å². The molecule has 364 valence electrons. The fraction of sp³-hybridized carbons (Fsp3) is 0.623. The molecule has 11 heteroatoms. The minimum Gasteiger partial charge on any atom is -0.462 e. The molecule has 0 rings (SSSR count). The third-order valence-electron chi connectivity index (χ3n) is 9.63. The quantitative estimate of drug-likeness (QED) is 0.0154. The lowest BCUT2D eigenvalue weighted by Gasteiger charge is -2.24. The third-order valence-corrected chi connectivity index (χ3v) is 10.6. The molecule has 0 heterocycles. The van der Waals surface area contributed by atoms with Crippen molar-refractivity contribution in [3.63, 3.8) is 0 Å². The molecule has 0 radical (unpaired) electrons. The van der Waals surface area contributed by atoms with E-state index in [0.717, 1.165) is 77.0 Å². The van der Waals surface area contributed by atoms with Crippen LogP contribution in [0, 0.1) is 0 Å². The van der Waals surface area contributed by atoms with Crippen LogP contribution in [0.25, 0.3) is 0 Å². The maximum Gasteiger partial charge on any atom is 0.472 e. The van der Waals surface area contributed by atoms with Crippen LogP contribution >= 0.6 is 7.82 Å². The first-order chi connectivity index (χ1) is 30.9. The van der Waals surface area contributed by atoms with E-state index < -0.39 is 38.6 Å². The number of carbonyl (C=O) groups excluding carboxylic acids is 2. The fourth-order valence-electron chi connectivity index (χ4n) is 5.84. The molecule has 2 N–H and O–H groups in total. The summed E-state index contributed by atoms with van der Waals surface area (Å²) in [5, 5.41) is 9.86. The molecular weight excluding hydrogens is 826 g/mol. The second-order valence-corrected chi connectivity index (χ2v) is 18.4. The molecule has 0 aromatic heterocycles. The Balaban J connectivity index is 4.50. The van der Waals surface area contributed by atoms with E-state index in [1.165, 1.54) is 32.1 Å². The summed E-state index contributed by atoms with van der Waals surface area (Å²) in [6.45, 7) is 4.06. The molecule has 0 amide bonds. The Kier molecular flexibility index (Phi) is 41.2. The number of unbranched alkanes of at least 4 members (excludes halogenated alkanes) is 10. The normalized spacial score (nSPS) is 14.9. The van der Waals surface area contributed by atoms with Crippen molar-refractivity contribution in [2.75, 3.05) is 47.5 Å². The van der Waals surface area contributed by atoms with Crippen LogP contribution in [-0.4, -0.2) is 86.1 Å².